The Morgan fingerprint density at radius 2 is 2.42 bits per heavy atom. The van der Waals surface area contributed by atoms with Gasteiger partial charge in [0.1, 0.15) is 0 Å². The summed E-state index contributed by atoms with van der Waals surface area (Å²) in [5, 5.41) is 10.7. The number of nitrogens with two attached hydrogens (primary N) is 1. The second-order valence-electron chi connectivity index (χ2n) is 5.50. The lowest BCUT2D eigenvalue weighted by Crippen LogP contribution is -2.31. The predicted octanol–water partition coefficient (Wildman–Crippen LogP) is 0.793. The van der Waals surface area contributed by atoms with E-state index in [9.17, 15) is 4.79 Å². The Morgan fingerprint density at radius 3 is 3.16 bits per heavy atom. The summed E-state index contributed by atoms with van der Waals surface area (Å²) in [5.41, 5.74) is 5.80. The number of nitrogens with one attached hydrogen (secondary N) is 1. The molecule has 2 unspecified atom stereocenters. The van der Waals surface area contributed by atoms with E-state index >= 15 is 0 Å². The zero-order valence-electron chi connectivity index (χ0n) is 11.5. The van der Waals surface area contributed by atoms with E-state index in [0.717, 1.165) is 12.5 Å². The summed E-state index contributed by atoms with van der Waals surface area (Å²) >= 11 is 0. The zero-order chi connectivity index (χ0) is 13.7. The summed E-state index contributed by atoms with van der Waals surface area (Å²) < 4.78 is 1.59. The molecule has 1 amide bonds. The van der Waals surface area contributed by atoms with E-state index in [-0.39, 0.29) is 5.91 Å². The molecule has 0 aromatic carbocycles. The molecule has 6 heteroatoms. The number of carbonyl (C=O) groups is 1. The van der Waals surface area contributed by atoms with Crippen molar-refractivity contribution < 1.29 is 4.79 Å². The smallest absolute Gasteiger partial charge is 0.273 e. The lowest BCUT2D eigenvalue weighted by molar-refractivity contribution is 0.0935. The van der Waals surface area contributed by atoms with Crippen LogP contribution in [0.2, 0.25) is 0 Å². The number of rotatable bonds is 5. The molecule has 3 N–H and O–H groups in total. The fourth-order valence-electron chi connectivity index (χ4n) is 2.72. The number of carbonyl (C=O) groups excluding carboxylic acids is 1. The average Bonchev–Trinajstić information content (AvgIpc) is 2.85. The Hall–Kier alpha value is -1.43. The molecule has 0 radical (unpaired) electrons. The maximum Gasteiger partial charge on any atom is 0.273 e. The number of amides is 1. The Labute approximate surface area is 113 Å². The molecule has 6 nitrogen and oxygen atoms in total. The topological polar surface area (TPSA) is 85.8 Å². The van der Waals surface area contributed by atoms with Gasteiger partial charge in [0, 0.05) is 13.1 Å². The standard InChI is InChI=1S/C13H23N5O/c1-10-3-2-4-11(7-10)8-15-13(19)12-9-18(6-5-14)17-16-12/h9-11H,2-8,14H2,1H3,(H,15,19). The Morgan fingerprint density at radius 1 is 1.58 bits per heavy atom. The van der Waals surface area contributed by atoms with Crippen LogP contribution in [0.3, 0.4) is 0 Å². The van der Waals surface area contributed by atoms with E-state index in [1.807, 2.05) is 0 Å². The average molecular weight is 265 g/mol. The van der Waals surface area contributed by atoms with Gasteiger partial charge >= 0.3 is 0 Å². The summed E-state index contributed by atoms with van der Waals surface area (Å²) in [7, 11) is 0. The Bertz CT molecular complexity index is 417. The molecule has 0 saturated heterocycles. The molecular weight excluding hydrogens is 242 g/mol. The number of hydrogen-bond donors (Lipinski definition) is 2. The molecule has 2 rings (SSSR count). The Balaban J connectivity index is 1.79. The monoisotopic (exact) mass is 265 g/mol. The lowest BCUT2D eigenvalue weighted by Gasteiger charge is -2.26. The maximum atomic E-state index is 11.9. The van der Waals surface area contributed by atoms with Gasteiger partial charge in [-0.15, -0.1) is 5.10 Å². The van der Waals surface area contributed by atoms with Crippen molar-refractivity contribution in [2.75, 3.05) is 13.1 Å². The first-order valence-corrected chi connectivity index (χ1v) is 7.07. The molecule has 1 saturated carbocycles. The molecule has 1 aromatic heterocycles. The number of hydrogen-bond acceptors (Lipinski definition) is 4. The first-order chi connectivity index (χ1) is 9.19. The quantitative estimate of drug-likeness (QED) is 0.824. The molecule has 0 bridgehead atoms. The highest BCUT2D eigenvalue weighted by atomic mass is 16.2. The molecule has 106 valence electrons. The Kier molecular flexibility index (Phi) is 4.90. The minimum atomic E-state index is -0.138. The summed E-state index contributed by atoms with van der Waals surface area (Å²) in [4.78, 5) is 11.9. The summed E-state index contributed by atoms with van der Waals surface area (Å²) in [5.74, 6) is 1.24. The van der Waals surface area contributed by atoms with Gasteiger partial charge in [-0.3, -0.25) is 9.48 Å². The molecule has 1 aliphatic carbocycles. The van der Waals surface area contributed by atoms with Crippen LogP contribution in [0.15, 0.2) is 6.20 Å². The van der Waals surface area contributed by atoms with Gasteiger partial charge < -0.3 is 11.1 Å². The van der Waals surface area contributed by atoms with Crippen molar-refractivity contribution >= 4 is 5.91 Å². The van der Waals surface area contributed by atoms with E-state index in [1.54, 1.807) is 10.9 Å². The predicted molar refractivity (Wildman–Crippen MR) is 72.5 cm³/mol. The van der Waals surface area contributed by atoms with Crippen molar-refractivity contribution in [1.82, 2.24) is 20.3 Å². The minimum absolute atomic E-state index is 0.138. The van der Waals surface area contributed by atoms with E-state index in [2.05, 4.69) is 22.6 Å². The molecule has 1 aromatic rings. The van der Waals surface area contributed by atoms with Crippen LogP contribution in [0.5, 0.6) is 0 Å². The fraction of sp³-hybridized carbons (Fsp3) is 0.769. The molecule has 1 aliphatic rings. The van der Waals surface area contributed by atoms with Crippen LogP contribution in [0.25, 0.3) is 0 Å². The van der Waals surface area contributed by atoms with Gasteiger partial charge in [-0.25, -0.2) is 0 Å². The normalized spacial score (nSPS) is 23.3. The van der Waals surface area contributed by atoms with Gasteiger partial charge in [0.05, 0.1) is 12.7 Å². The highest BCUT2D eigenvalue weighted by molar-refractivity contribution is 5.91. The van der Waals surface area contributed by atoms with E-state index in [1.165, 1.54) is 25.7 Å². The van der Waals surface area contributed by atoms with Gasteiger partial charge in [0.15, 0.2) is 5.69 Å². The molecule has 1 fully saturated rings. The third-order valence-electron chi connectivity index (χ3n) is 3.73. The number of nitrogens with zero attached hydrogens (tertiary/aromatic N) is 3. The van der Waals surface area contributed by atoms with E-state index < -0.39 is 0 Å². The van der Waals surface area contributed by atoms with Crippen LogP contribution in [0.4, 0.5) is 0 Å². The first-order valence-electron chi connectivity index (χ1n) is 7.07. The molecule has 0 aliphatic heterocycles. The van der Waals surface area contributed by atoms with Crippen LogP contribution in [0, 0.1) is 11.8 Å². The molecule has 0 spiro atoms. The number of aromatic nitrogens is 3. The highest BCUT2D eigenvalue weighted by Crippen LogP contribution is 2.27. The summed E-state index contributed by atoms with van der Waals surface area (Å²) in [6.45, 7) is 4.10. The van der Waals surface area contributed by atoms with Gasteiger partial charge in [0.25, 0.3) is 5.91 Å². The van der Waals surface area contributed by atoms with Gasteiger partial charge in [0.2, 0.25) is 0 Å². The van der Waals surface area contributed by atoms with Gasteiger partial charge in [-0.2, -0.15) is 0 Å². The van der Waals surface area contributed by atoms with Crippen molar-refractivity contribution in [1.29, 1.82) is 0 Å². The third-order valence-corrected chi connectivity index (χ3v) is 3.73. The molecule has 19 heavy (non-hydrogen) atoms. The van der Waals surface area contributed by atoms with E-state index in [0.29, 0.717) is 24.7 Å². The zero-order valence-corrected chi connectivity index (χ0v) is 11.5. The highest BCUT2D eigenvalue weighted by Gasteiger charge is 2.20. The fourth-order valence-corrected chi connectivity index (χ4v) is 2.72. The van der Waals surface area contributed by atoms with Crippen molar-refractivity contribution in [3.8, 4) is 0 Å². The van der Waals surface area contributed by atoms with Crippen LogP contribution < -0.4 is 11.1 Å². The largest absolute Gasteiger partial charge is 0.350 e. The van der Waals surface area contributed by atoms with Crippen molar-refractivity contribution in [3.05, 3.63) is 11.9 Å². The molecule has 2 atom stereocenters. The summed E-state index contributed by atoms with van der Waals surface area (Å²) in [6.07, 6.45) is 6.66. The van der Waals surface area contributed by atoms with E-state index in [4.69, 9.17) is 5.73 Å². The second-order valence-corrected chi connectivity index (χ2v) is 5.50. The van der Waals surface area contributed by atoms with Crippen molar-refractivity contribution in [3.63, 3.8) is 0 Å². The maximum absolute atomic E-state index is 11.9. The van der Waals surface area contributed by atoms with Crippen LogP contribution in [0.1, 0.15) is 43.1 Å². The van der Waals surface area contributed by atoms with Gasteiger partial charge in [-0.1, -0.05) is 25.0 Å². The van der Waals surface area contributed by atoms with Crippen LogP contribution in [-0.2, 0) is 6.54 Å². The van der Waals surface area contributed by atoms with Crippen LogP contribution >= 0.6 is 0 Å². The molecule has 1 heterocycles. The molecular formula is C13H23N5O. The minimum Gasteiger partial charge on any atom is -0.350 e. The lowest BCUT2D eigenvalue weighted by atomic mass is 9.82. The van der Waals surface area contributed by atoms with Crippen molar-refractivity contribution in [2.24, 2.45) is 17.6 Å². The second kappa shape index (κ2) is 6.65. The van der Waals surface area contributed by atoms with Crippen LogP contribution in [-0.4, -0.2) is 34.0 Å². The first kappa shape index (κ1) is 14.0. The van der Waals surface area contributed by atoms with Crippen molar-refractivity contribution in [2.45, 2.75) is 39.2 Å². The summed E-state index contributed by atoms with van der Waals surface area (Å²) in [6, 6.07) is 0. The SMILES string of the molecule is CC1CCCC(CNC(=O)c2cn(CCN)nn2)C1. The third kappa shape index (κ3) is 4.02. The van der Waals surface area contributed by atoms with Gasteiger partial charge in [-0.05, 0) is 24.7 Å².